The fourth-order valence-corrected chi connectivity index (χ4v) is 6.42. The Bertz CT molecular complexity index is 647. The van der Waals surface area contributed by atoms with Crippen LogP contribution >= 0.6 is 0 Å². The lowest BCUT2D eigenvalue weighted by Crippen LogP contribution is -2.47. The van der Waals surface area contributed by atoms with E-state index < -0.39 is 0 Å². The number of likely N-dealkylation sites (tertiary alicyclic amines) is 1. The van der Waals surface area contributed by atoms with Crippen LogP contribution in [0.5, 0.6) is 0 Å². The van der Waals surface area contributed by atoms with Crippen molar-refractivity contribution < 1.29 is 19.1 Å². The molecule has 0 aromatic heterocycles. The number of nitrogens with zero attached hydrogens (tertiary/aromatic N) is 1. The molecule has 2 aliphatic carbocycles. The third-order valence-corrected chi connectivity index (χ3v) is 7.90. The van der Waals surface area contributed by atoms with Gasteiger partial charge in [0.2, 0.25) is 0 Å². The highest BCUT2D eigenvalue weighted by Crippen LogP contribution is 2.57. The smallest absolute Gasteiger partial charge is 0.310 e. The van der Waals surface area contributed by atoms with Gasteiger partial charge in [-0.3, -0.25) is 9.59 Å². The minimum Gasteiger partial charge on any atom is -0.466 e. The van der Waals surface area contributed by atoms with Gasteiger partial charge in [0.1, 0.15) is 6.10 Å². The molecule has 4 rings (SSSR count). The summed E-state index contributed by atoms with van der Waals surface area (Å²) in [5, 5.41) is 0. The van der Waals surface area contributed by atoms with Gasteiger partial charge in [-0.2, -0.15) is 0 Å². The second-order valence-electron chi connectivity index (χ2n) is 9.75. The van der Waals surface area contributed by atoms with Gasteiger partial charge < -0.3 is 14.4 Å². The van der Waals surface area contributed by atoms with Crippen LogP contribution in [0.15, 0.2) is 12.2 Å². The Labute approximate surface area is 168 Å². The molecule has 0 aromatic carbocycles. The van der Waals surface area contributed by atoms with Gasteiger partial charge >= 0.3 is 11.9 Å². The first-order valence-corrected chi connectivity index (χ1v) is 11.2. The van der Waals surface area contributed by atoms with Gasteiger partial charge in [0.15, 0.2) is 0 Å². The van der Waals surface area contributed by atoms with Crippen LogP contribution in [0.2, 0.25) is 0 Å². The second-order valence-corrected chi connectivity index (χ2v) is 9.75. The highest BCUT2D eigenvalue weighted by Gasteiger charge is 2.55. The molecule has 28 heavy (non-hydrogen) atoms. The summed E-state index contributed by atoms with van der Waals surface area (Å²) in [5.41, 5.74) is 1.62. The summed E-state index contributed by atoms with van der Waals surface area (Å²) >= 11 is 0. The molecule has 0 aromatic rings. The van der Waals surface area contributed by atoms with Gasteiger partial charge in [-0.15, -0.1) is 0 Å². The van der Waals surface area contributed by atoms with Crippen LogP contribution in [0.25, 0.3) is 0 Å². The van der Waals surface area contributed by atoms with Crippen LogP contribution < -0.4 is 0 Å². The van der Waals surface area contributed by atoms with E-state index in [1.165, 1.54) is 18.4 Å². The van der Waals surface area contributed by atoms with Crippen LogP contribution in [-0.4, -0.2) is 49.2 Å². The first-order valence-electron chi connectivity index (χ1n) is 11.2. The van der Waals surface area contributed by atoms with Gasteiger partial charge in [0, 0.05) is 19.0 Å². The van der Waals surface area contributed by atoms with E-state index in [2.05, 4.69) is 18.4 Å². The molecular weight excluding hydrogens is 354 g/mol. The van der Waals surface area contributed by atoms with Gasteiger partial charge in [-0.05, 0) is 69.7 Å². The summed E-state index contributed by atoms with van der Waals surface area (Å²) in [4.78, 5) is 27.2. The number of fused-ring (bicyclic) bond motifs is 2. The quantitative estimate of drug-likeness (QED) is 0.543. The first-order chi connectivity index (χ1) is 13.4. The monoisotopic (exact) mass is 389 g/mol. The Morgan fingerprint density at radius 1 is 1.39 bits per heavy atom. The summed E-state index contributed by atoms with van der Waals surface area (Å²) in [6, 6.07) is 0. The summed E-state index contributed by atoms with van der Waals surface area (Å²) in [7, 11) is 0. The number of hydrogen-bond acceptors (Lipinski definition) is 5. The number of carbonyl (C=O) groups excluding carboxylic acids is 2. The molecule has 2 aliphatic heterocycles. The van der Waals surface area contributed by atoms with E-state index in [-0.39, 0.29) is 35.3 Å². The molecule has 0 spiro atoms. The number of piperidine rings is 1. The van der Waals surface area contributed by atoms with E-state index in [0.29, 0.717) is 31.5 Å². The van der Waals surface area contributed by atoms with Crippen molar-refractivity contribution in [3.8, 4) is 0 Å². The zero-order chi connectivity index (χ0) is 19.9. The molecule has 2 saturated heterocycles. The van der Waals surface area contributed by atoms with Gasteiger partial charge in [0.05, 0.1) is 18.4 Å². The number of hydrogen-bond donors (Lipinski definition) is 0. The van der Waals surface area contributed by atoms with Crippen molar-refractivity contribution >= 4 is 11.9 Å². The van der Waals surface area contributed by atoms with Crippen molar-refractivity contribution in [2.24, 2.45) is 29.1 Å². The van der Waals surface area contributed by atoms with Gasteiger partial charge in [-0.1, -0.05) is 19.1 Å². The number of carbonyl (C=O) groups is 2. The van der Waals surface area contributed by atoms with E-state index in [9.17, 15) is 9.59 Å². The normalized spacial score (nSPS) is 41.1. The molecule has 5 nitrogen and oxygen atoms in total. The summed E-state index contributed by atoms with van der Waals surface area (Å²) in [6.45, 7) is 11.4. The molecule has 0 radical (unpaired) electrons. The van der Waals surface area contributed by atoms with Gasteiger partial charge in [-0.25, -0.2) is 0 Å². The third-order valence-electron chi connectivity index (χ3n) is 7.90. The molecule has 0 N–H and O–H groups in total. The van der Waals surface area contributed by atoms with Crippen molar-refractivity contribution in [1.82, 2.24) is 4.90 Å². The van der Waals surface area contributed by atoms with Gasteiger partial charge in [0.25, 0.3) is 0 Å². The Kier molecular flexibility index (Phi) is 5.56. The SMILES string of the molecule is C=C1CCC[C@]2(C)C[C@H]3OC(=O)C(CN4CCCC(C(=O)OCC)C4)[C@H]3C[C@@H]12. The van der Waals surface area contributed by atoms with E-state index in [4.69, 9.17) is 9.47 Å². The largest absolute Gasteiger partial charge is 0.466 e. The molecular formula is C23H35NO4. The van der Waals surface area contributed by atoms with Crippen molar-refractivity contribution in [3.05, 3.63) is 12.2 Å². The molecule has 5 heteroatoms. The van der Waals surface area contributed by atoms with Crippen molar-refractivity contribution in [1.29, 1.82) is 0 Å². The zero-order valence-corrected chi connectivity index (χ0v) is 17.5. The maximum atomic E-state index is 12.8. The van der Waals surface area contributed by atoms with Crippen molar-refractivity contribution in [3.63, 3.8) is 0 Å². The van der Waals surface area contributed by atoms with E-state index in [1.54, 1.807) is 0 Å². The summed E-state index contributed by atoms with van der Waals surface area (Å²) in [6.07, 6.45) is 7.51. The Hall–Kier alpha value is -1.36. The predicted molar refractivity (Wildman–Crippen MR) is 106 cm³/mol. The maximum Gasteiger partial charge on any atom is 0.310 e. The summed E-state index contributed by atoms with van der Waals surface area (Å²) < 4.78 is 11.1. The molecule has 4 aliphatic rings. The highest BCUT2D eigenvalue weighted by molar-refractivity contribution is 5.76. The van der Waals surface area contributed by atoms with Crippen LogP contribution in [0.4, 0.5) is 0 Å². The molecule has 156 valence electrons. The van der Waals surface area contributed by atoms with Crippen LogP contribution in [-0.2, 0) is 19.1 Å². The van der Waals surface area contributed by atoms with Crippen LogP contribution in [0, 0.1) is 29.1 Å². The summed E-state index contributed by atoms with van der Waals surface area (Å²) in [5.74, 6) is 0.573. The molecule has 2 saturated carbocycles. The Balaban J connectivity index is 1.43. The van der Waals surface area contributed by atoms with Crippen LogP contribution in [0.1, 0.15) is 58.8 Å². The van der Waals surface area contributed by atoms with Crippen molar-refractivity contribution in [2.75, 3.05) is 26.2 Å². The topological polar surface area (TPSA) is 55.8 Å². The lowest BCUT2D eigenvalue weighted by atomic mass is 9.55. The number of rotatable bonds is 4. The molecule has 0 amide bonds. The number of esters is 2. The fraction of sp³-hybridized carbons (Fsp3) is 0.826. The average Bonchev–Trinajstić information content (AvgIpc) is 2.94. The zero-order valence-electron chi connectivity index (χ0n) is 17.5. The Morgan fingerprint density at radius 2 is 2.21 bits per heavy atom. The van der Waals surface area contributed by atoms with E-state index in [1.807, 2.05) is 6.92 Å². The number of allylic oxidation sites excluding steroid dienone is 1. The minimum absolute atomic E-state index is 0.0267. The lowest BCUT2D eigenvalue weighted by molar-refractivity contribution is -0.150. The average molecular weight is 390 g/mol. The first kappa shape index (κ1) is 19.9. The molecule has 4 fully saturated rings. The minimum atomic E-state index is -0.0917. The molecule has 6 atom stereocenters. The molecule has 2 unspecified atom stereocenters. The lowest BCUT2D eigenvalue weighted by Gasteiger charge is -2.50. The molecule has 0 bridgehead atoms. The maximum absolute atomic E-state index is 12.8. The third kappa shape index (κ3) is 3.62. The second kappa shape index (κ2) is 7.81. The van der Waals surface area contributed by atoms with Crippen molar-refractivity contribution in [2.45, 2.75) is 64.9 Å². The highest BCUT2D eigenvalue weighted by atomic mass is 16.6. The van der Waals surface area contributed by atoms with E-state index >= 15 is 0 Å². The predicted octanol–water partition coefficient (Wildman–Crippen LogP) is 3.58. The standard InChI is InChI=1S/C23H35NO4/c1-4-27-21(25)16-8-6-10-24(13-16)14-18-17-11-19-15(2)7-5-9-23(19,3)12-20(17)28-22(18)26/h16-20H,2,4-14H2,1,3H3/t16?,17-,18?,19+,20-,23-/m1/s1. The van der Waals surface area contributed by atoms with Crippen LogP contribution in [0.3, 0.4) is 0 Å². The molecule has 2 heterocycles. The van der Waals surface area contributed by atoms with E-state index in [0.717, 1.165) is 38.6 Å². The fourth-order valence-electron chi connectivity index (χ4n) is 6.42. The Morgan fingerprint density at radius 3 is 3.00 bits per heavy atom. The number of ether oxygens (including phenoxy) is 2.